The van der Waals surface area contributed by atoms with Crippen LogP contribution in [0.25, 0.3) is 0 Å². The Kier molecular flexibility index (Phi) is 5.12. The summed E-state index contributed by atoms with van der Waals surface area (Å²) in [7, 11) is 0. The Morgan fingerprint density at radius 2 is 2.12 bits per heavy atom. The predicted molar refractivity (Wildman–Crippen MR) is 71.0 cm³/mol. The first-order chi connectivity index (χ1) is 7.95. The molecule has 0 saturated heterocycles. The SMILES string of the molecule is Cc1ccc(F)c(C(=O)NC(CBr)C(C)C)c1. The van der Waals surface area contributed by atoms with Crippen molar-refractivity contribution in [3.05, 3.63) is 35.1 Å². The van der Waals surface area contributed by atoms with Crippen molar-refractivity contribution in [1.29, 1.82) is 0 Å². The molecule has 0 aliphatic carbocycles. The molecule has 0 saturated carbocycles. The van der Waals surface area contributed by atoms with Gasteiger partial charge in [-0.1, -0.05) is 41.4 Å². The van der Waals surface area contributed by atoms with Gasteiger partial charge in [-0.15, -0.1) is 0 Å². The van der Waals surface area contributed by atoms with Crippen LogP contribution in [0.3, 0.4) is 0 Å². The van der Waals surface area contributed by atoms with Gasteiger partial charge in [0, 0.05) is 11.4 Å². The number of nitrogens with one attached hydrogen (secondary N) is 1. The summed E-state index contributed by atoms with van der Waals surface area (Å²) in [6.45, 7) is 5.86. The molecule has 0 bridgehead atoms. The van der Waals surface area contributed by atoms with Crippen LogP contribution < -0.4 is 5.32 Å². The molecule has 0 aromatic heterocycles. The van der Waals surface area contributed by atoms with Crippen molar-refractivity contribution in [3.8, 4) is 0 Å². The van der Waals surface area contributed by atoms with E-state index in [-0.39, 0.29) is 17.5 Å². The zero-order chi connectivity index (χ0) is 13.0. The van der Waals surface area contributed by atoms with Crippen molar-refractivity contribution >= 4 is 21.8 Å². The van der Waals surface area contributed by atoms with E-state index in [0.29, 0.717) is 11.2 Å². The second-order valence-electron chi connectivity index (χ2n) is 4.46. The Labute approximate surface area is 110 Å². The lowest BCUT2D eigenvalue weighted by Gasteiger charge is -2.20. The van der Waals surface area contributed by atoms with Gasteiger partial charge in [0.1, 0.15) is 5.82 Å². The molecule has 0 heterocycles. The highest BCUT2D eigenvalue weighted by atomic mass is 79.9. The van der Waals surface area contributed by atoms with Crippen molar-refractivity contribution < 1.29 is 9.18 Å². The molecule has 1 atom stereocenters. The van der Waals surface area contributed by atoms with Crippen LogP contribution in [0.5, 0.6) is 0 Å². The van der Waals surface area contributed by atoms with E-state index >= 15 is 0 Å². The molecule has 1 unspecified atom stereocenters. The predicted octanol–water partition coefficient (Wildman–Crippen LogP) is 3.28. The summed E-state index contributed by atoms with van der Waals surface area (Å²) in [5.74, 6) is -0.541. The highest BCUT2D eigenvalue weighted by molar-refractivity contribution is 9.09. The number of alkyl halides is 1. The smallest absolute Gasteiger partial charge is 0.254 e. The lowest BCUT2D eigenvalue weighted by Crippen LogP contribution is -2.40. The fraction of sp³-hybridized carbons (Fsp3) is 0.462. The van der Waals surface area contributed by atoms with Crippen molar-refractivity contribution in [2.75, 3.05) is 5.33 Å². The summed E-state index contributed by atoms with van der Waals surface area (Å²) in [6.07, 6.45) is 0. The van der Waals surface area contributed by atoms with Crippen molar-refractivity contribution in [3.63, 3.8) is 0 Å². The monoisotopic (exact) mass is 301 g/mol. The number of rotatable bonds is 4. The topological polar surface area (TPSA) is 29.1 Å². The van der Waals surface area contributed by atoms with Crippen molar-refractivity contribution in [2.24, 2.45) is 5.92 Å². The maximum atomic E-state index is 13.5. The van der Waals surface area contributed by atoms with E-state index in [9.17, 15) is 9.18 Å². The van der Waals surface area contributed by atoms with Gasteiger partial charge < -0.3 is 5.32 Å². The Balaban J connectivity index is 2.86. The molecule has 1 rings (SSSR count). The van der Waals surface area contributed by atoms with Crippen LogP contribution in [0.4, 0.5) is 4.39 Å². The second kappa shape index (κ2) is 6.15. The van der Waals surface area contributed by atoms with E-state index < -0.39 is 5.82 Å². The largest absolute Gasteiger partial charge is 0.348 e. The Morgan fingerprint density at radius 1 is 1.47 bits per heavy atom. The van der Waals surface area contributed by atoms with E-state index in [4.69, 9.17) is 0 Å². The second-order valence-corrected chi connectivity index (χ2v) is 5.11. The highest BCUT2D eigenvalue weighted by Gasteiger charge is 2.18. The zero-order valence-electron chi connectivity index (χ0n) is 10.3. The summed E-state index contributed by atoms with van der Waals surface area (Å²) in [6, 6.07) is 4.54. The summed E-state index contributed by atoms with van der Waals surface area (Å²) in [5, 5.41) is 3.48. The van der Waals surface area contributed by atoms with Gasteiger partial charge in [0.15, 0.2) is 0 Å². The molecule has 1 aromatic carbocycles. The Hall–Kier alpha value is -0.900. The quantitative estimate of drug-likeness (QED) is 0.850. The molecule has 0 fully saturated rings. The van der Waals surface area contributed by atoms with E-state index in [1.165, 1.54) is 6.07 Å². The van der Waals surface area contributed by atoms with Crippen LogP contribution in [0.15, 0.2) is 18.2 Å². The molecule has 0 aliphatic heterocycles. The minimum Gasteiger partial charge on any atom is -0.348 e. The lowest BCUT2D eigenvalue weighted by molar-refractivity contribution is 0.0927. The van der Waals surface area contributed by atoms with Crippen molar-refractivity contribution in [2.45, 2.75) is 26.8 Å². The van der Waals surface area contributed by atoms with Gasteiger partial charge in [0.2, 0.25) is 0 Å². The van der Waals surface area contributed by atoms with Crippen molar-refractivity contribution in [1.82, 2.24) is 5.32 Å². The van der Waals surface area contributed by atoms with Gasteiger partial charge in [-0.2, -0.15) is 0 Å². The summed E-state index contributed by atoms with van der Waals surface area (Å²) in [4.78, 5) is 11.9. The minimum absolute atomic E-state index is 0.00223. The van der Waals surface area contributed by atoms with Crippen LogP contribution in [0, 0.1) is 18.7 Å². The first-order valence-electron chi connectivity index (χ1n) is 5.58. The summed E-state index contributed by atoms with van der Waals surface area (Å²) >= 11 is 3.34. The first kappa shape index (κ1) is 14.2. The average molecular weight is 302 g/mol. The van der Waals surface area contributed by atoms with Crippen LogP contribution >= 0.6 is 15.9 Å². The Bertz CT molecular complexity index is 406. The molecule has 0 aliphatic rings. The number of hydrogen-bond acceptors (Lipinski definition) is 1. The molecule has 17 heavy (non-hydrogen) atoms. The standard InChI is InChI=1S/C13H17BrFNO/c1-8(2)12(7-14)16-13(17)10-6-9(3)4-5-11(10)15/h4-6,8,12H,7H2,1-3H3,(H,16,17). The molecule has 0 radical (unpaired) electrons. The molecular formula is C13H17BrFNO. The molecule has 1 amide bonds. The number of carbonyl (C=O) groups excluding carboxylic acids is 1. The van der Waals surface area contributed by atoms with E-state index in [2.05, 4.69) is 21.2 Å². The summed E-state index contributed by atoms with van der Waals surface area (Å²) in [5.41, 5.74) is 0.980. The van der Waals surface area contributed by atoms with Crippen LogP contribution in [0.1, 0.15) is 29.8 Å². The molecule has 2 nitrogen and oxygen atoms in total. The molecule has 1 aromatic rings. The van der Waals surface area contributed by atoms with Gasteiger partial charge in [0.25, 0.3) is 5.91 Å². The molecule has 94 valence electrons. The number of aryl methyl sites for hydroxylation is 1. The van der Waals surface area contributed by atoms with Gasteiger partial charge in [-0.25, -0.2) is 4.39 Å². The third-order valence-electron chi connectivity index (χ3n) is 2.65. The number of hydrogen-bond donors (Lipinski definition) is 1. The molecule has 4 heteroatoms. The third kappa shape index (κ3) is 3.80. The number of benzene rings is 1. The van der Waals surface area contributed by atoms with Gasteiger partial charge >= 0.3 is 0 Å². The Morgan fingerprint density at radius 3 is 2.65 bits per heavy atom. The zero-order valence-corrected chi connectivity index (χ0v) is 11.8. The van der Waals surface area contributed by atoms with E-state index in [1.807, 2.05) is 20.8 Å². The third-order valence-corrected chi connectivity index (χ3v) is 3.35. The normalized spacial score (nSPS) is 12.6. The first-order valence-corrected chi connectivity index (χ1v) is 6.70. The highest BCUT2D eigenvalue weighted by Crippen LogP contribution is 2.12. The number of halogens is 2. The lowest BCUT2D eigenvalue weighted by atomic mass is 10.1. The van der Waals surface area contributed by atoms with E-state index in [1.54, 1.807) is 12.1 Å². The van der Waals surface area contributed by atoms with Gasteiger partial charge in [-0.3, -0.25) is 4.79 Å². The summed E-state index contributed by atoms with van der Waals surface area (Å²) < 4.78 is 13.5. The van der Waals surface area contributed by atoms with Crippen LogP contribution in [-0.2, 0) is 0 Å². The fourth-order valence-corrected chi connectivity index (χ4v) is 2.35. The van der Waals surface area contributed by atoms with E-state index in [0.717, 1.165) is 5.56 Å². The molecular weight excluding hydrogens is 285 g/mol. The van der Waals surface area contributed by atoms with Crippen LogP contribution in [-0.4, -0.2) is 17.3 Å². The van der Waals surface area contributed by atoms with Crippen LogP contribution in [0.2, 0.25) is 0 Å². The maximum Gasteiger partial charge on any atom is 0.254 e. The molecule has 0 spiro atoms. The minimum atomic E-state index is -0.481. The van der Waals surface area contributed by atoms with Gasteiger partial charge in [-0.05, 0) is 25.0 Å². The number of carbonyl (C=O) groups is 1. The average Bonchev–Trinajstić information content (AvgIpc) is 2.28. The maximum absolute atomic E-state index is 13.5. The fourth-order valence-electron chi connectivity index (χ4n) is 1.44. The number of amides is 1. The molecule has 1 N–H and O–H groups in total. The van der Waals surface area contributed by atoms with Gasteiger partial charge in [0.05, 0.1) is 5.56 Å².